The van der Waals surface area contributed by atoms with Crippen LogP contribution in [0.25, 0.3) is 11.4 Å². The van der Waals surface area contributed by atoms with E-state index in [1.54, 1.807) is 26.1 Å². The zero-order valence-corrected chi connectivity index (χ0v) is 16.3. The molecule has 0 aliphatic carbocycles. The van der Waals surface area contributed by atoms with Crippen molar-refractivity contribution in [2.45, 2.75) is 25.3 Å². The van der Waals surface area contributed by atoms with Crippen LogP contribution >= 0.6 is 0 Å². The van der Waals surface area contributed by atoms with E-state index in [1.807, 2.05) is 43.3 Å². The Hall–Kier alpha value is -2.71. The van der Waals surface area contributed by atoms with Crippen molar-refractivity contribution in [1.82, 2.24) is 19.1 Å². The predicted octanol–water partition coefficient (Wildman–Crippen LogP) is 1.84. The average Bonchev–Trinajstić information content (AvgIpc) is 2.93. The van der Waals surface area contributed by atoms with E-state index in [4.69, 9.17) is 0 Å². The minimum atomic E-state index is -3.65. The van der Waals surface area contributed by atoms with Gasteiger partial charge in [-0.25, -0.2) is 22.6 Å². The summed E-state index contributed by atoms with van der Waals surface area (Å²) in [5.74, 6) is 0.540. The van der Waals surface area contributed by atoms with Crippen molar-refractivity contribution in [3.8, 4) is 11.4 Å². The summed E-state index contributed by atoms with van der Waals surface area (Å²) in [6.07, 6.45) is 0. The van der Waals surface area contributed by atoms with Crippen molar-refractivity contribution < 1.29 is 8.42 Å². The summed E-state index contributed by atoms with van der Waals surface area (Å²) in [6.45, 7) is 3.81. The third kappa shape index (κ3) is 4.01. The highest BCUT2D eigenvalue weighted by Gasteiger charge is 2.17. The highest BCUT2D eigenvalue weighted by atomic mass is 32.2. The molecular formula is C19H22N4O3S. The summed E-state index contributed by atoms with van der Waals surface area (Å²) in [4.78, 5) is 12.6. The molecule has 8 heteroatoms. The van der Waals surface area contributed by atoms with Crippen LogP contribution in [0.1, 0.15) is 11.1 Å². The summed E-state index contributed by atoms with van der Waals surface area (Å²) in [5, 5.41) is 4.34. The Labute approximate surface area is 158 Å². The van der Waals surface area contributed by atoms with Crippen LogP contribution in [0.15, 0.2) is 58.2 Å². The van der Waals surface area contributed by atoms with Gasteiger partial charge in [0.1, 0.15) is 0 Å². The van der Waals surface area contributed by atoms with Gasteiger partial charge >= 0.3 is 5.69 Å². The molecule has 0 spiro atoms. The molecule has 0 aliphatic rings. The third-order valence-electron chi connectivity index (χ3n) is 4.32. The fourth-order valence-electron chi connectivity index (χ4n) is 2.83. The maximum atomic E-state index is 12.5. The smallest absolute Gasteiger partial charge is 0.278 e. The first kappa shape index (κ1) is 19.1. The molecule has 0 bridgehead atoms. The van der Waals surface area contributed by atoms with Gasteiger partial charge in [0, 0.05) is 19.2 Å². The lowest BCUT2D eigenvalue weighted by atomic mass is 10.2. The Kier molecular flexibility index (Phi) is 5.29. The van der Waals surface area contributed by atoms with Crippen LogP contribution in [0, 0.1) is 13.8 Å². The Morgan fingerprint density at radius 1 is 1.07 bits per heavy atom. The van der Waals surface area contributed by atoms with Crippen molar-refractivity contribution in [1.29, 1.82) is 0 Å². The van der Waals surface area contributed by atoms with Gasteiger partial charge in [-0.15, -0.1) is 5.10 Å². The Bertz CT molecular complexity index is 1120. The van der Waals surface area contributed by atoms with Gasteiger partial charge in [-0.1, -0.05) is 42.5 Å². The van der Waals surface area contributed by atoms with Gasteiger partial charge < -0.3 is 0 Å². The lowest BCUT2D eigenvalue weighted by molar-refractivity contribution is 0.550. The molecule has 142 valence electrons. The molecule has 27 heavy (non-hydrogen) atoms. The number of hydrogen-bond donors (Lipinski definition) is 1. The van der Waals surface area contributed by atoms with E-state index in [1.165, 1.54) is 9.25 Å². The minimum absolute atomic E-state index is 0.0703. The van der Waals surface area contributed by atoms with E-state index in [9.17, 15) is 13.2 Å². The molecule has 0 saturated heterocycles. The maximum Gasteiger partial charge on any atom is 0.345 e. The maximum absolute atomic E-state index is 12.5. The van der Waals surface area contributed by atoms with Gasteiger partial charge in [0.25, 0.3) is 0 Å². The summed E-state index contributed by atoms with van der Waals surface area (Å²) >= 11 is 0. The quantitative estimate of drug-likeness (QED) is 0.700. The lowest BCUT2D eigenvalue weighted by Gasteiger charge is -2.10. The topological polar surface area (TPSA) is 86.0 Å². The average molecular weight is 386 g/mol. The van der Waals surface area contributed by atoms with Crippen molar-refractivity contribution in [2.24, 2.45) is 7.05 Å². The number of rotatable bonds is 6. The van der Waals surface area contributed by atoms with E-state index >= 15 is 0 Å². The molecule has 1 heterocycles. The molecule has 0 aliphatic heterocycles. The normalized spacial score (nSPS) is 11.7. The molecule has 2 aromatic carbocycles. The summed E-state index contributed by atoms with van der Waals surface area (Å²) < 4.78 is 30.4. The minimum Gasteiger partial charge on any atom is -0.278 e. The molecule has 0 unspecified atom stereocenters. The molecule has 1 N–H and O–H groups in total. The SMILES string of the molecule is Cc1ccc(C)c(S(=O)(=O)NCCn2nc(-c3ccccc3)n(C)c2=O)c1. The number of hydrogen-bond acceptors (Lipinski definition) is 4. The van der Waals surface area contributed by atoms with E-state index < -0.39 is 10.0 Å². The van der Waals surface area contributed by atoms with E-state index in [2.05, 4.69) is 9.82 Å². The second kappa shape index (κ2) is 7.50. The van der Waals surface area contributed by atoms with Gasteiger partial charge in [0.15, 0.2) is 5.82 Å². The van der Waals surface area contributed by atoms with Crippen molar-refractivity contribution >= 4 is 10.0 Å². The Balaban J connectivity index is 1.76. The van der Waals surface area contributed by atoms with E-state index in [0.717, 1.165) is 11.1 Å². The van der Waals surface area contributed by atoms with Crippen LogP contribution in [0.5, 0.6) is 0 Å². The van der Waals surface area contributed by atoms with Crippen molar-refractivity contribution in [3.63, 3.8) is 0 Å². The molecule has 0 amide bonds. The van der Waals surface area contributed by atoms with Crippen LogP contribution in [0.4, 0.5) is 0 Å². The van der Waals surface area contributed by atoms with Crippen LogP contribution in [0.2, 0.25) is 0 Å². The highest BCUT2D eigenvalue weighted by Crippen LogP contribution is 2.16. The number of nitrogens with zero attached hydrogens (tertiary/aromatic N) is 3. The number of sulfonamides is 1. The van der Waals surface area contributed by atoms with Gasteiger partial charge in [0.2, 0.25) is 10.0 Å². The molecule has 0 radical (unpaired) electrons. The molecule has 0 fully saturated rings. The summed E-state index contributed by atoms with van der Waals surface area (Å²) in [6, 6.07) is 14.7. The molecule has 3 rings (SSSR count). The molecule has 1 aromatic heterocycles. The second-order valence-corrected chi connectivity index (χ2v) is 8.16. The first-order valence-corrected chi connectivity index (χ1v) is 10.0. The van der Waals surface area contributed by atoms with Crippen LogP contribution in [-0.2, 0) is 23.6 Å². The predicted molar refractivity (Wildman–Crippen MR) is 104 cm³/mol. The first-order chi connectivity index (χ1) is 12.8. The highest BCUT2D eigenvalue weighted by molar-refractivity contribution is 7.89. The largest absolute Gasteiger partial charge is 0.345 e. The summed E-state index contributed by atoms with van der Waals surface area (Å²) in [7, 11) is -2.00. The fourth-order valence-corrected chi connectivity index (χ4v) is 4.18. The number of aromatic nitrogens is 3. The lowest BCUT2D eigenvalue weighted by Crippen LogP contribution is -2.32. The van der Waals surface area contributed by atoms with Gasteiger partial charge in [0.05, 0.1) is 11.4 Å². The monoisotopic (exact) mass is 386 g/mol. The molecule has 0 atom stereocenters. The number of benzene rings is 2. The number of nitrogens with one attached hydrogen (secondary N) is 1. The van der Waals surface area contributed by atoms with Gasteiger partial charge in [-0.3, -0.25) is 4.57 Å². The van der Waals surface area contributed by atoms with Crippen molar-refractivity contribution in [2.75, 3.05) is 6.54 Å². The zero-order chi connectivity index (χ0) is 19.6. The summed E-state index contributed by atoms with van der Waals surface area (Å²) in [5.41, 5.74) is 2.08. The van der Waals surface area contributed by atoms with Crippen LogP contribution < -0.4 is 10.4 Å². The van der Waals surface area contributed by atoms with E-state index in [0.29, 0.717) is 11.4 Å². The third-order valence-corrected chi connectivity index (χ3v) is 5.92. The molecule has 0 saturated carbocycles. The Morgan fingerprint density at radius 2 is 1.78 bits per heavy atom. The van der Waals surface area contributed by atoms with Crippen molar-refractivity contribution in [3.05, 3.63) is 70.1 Å². The second-order valence-electron chi connectivity index (χ2n) is 6.42. The van der Waals surface area contributed by atoms with Gasteiger partial charge in [-0.05, 0) is 31.0 Å². The number of aryl methyl sites for hydroxylation is 2. The molecule has 7 nitrogen and oxygen atoms in total. The molecule has 3 aromatic rings. The first-order valence-electron chi connectivity index (χ1n) is 8.56. The standard InChI is InChI=1S/C19H22N4O3S/c1-14-9-10-15(2)17(13-14)27(25,26)20-11-12-23-19(24)22(3)18(21-23)16-7-5-4-6-8-16/h4-10,13,20H,11-12H2,1-3H3. The van der Waals surface area contributed by atoms with Crippen LogP contribution in [-0.4, -0.2) is 29.3 Å². The molecular weight excluding hydrogens is 364 g/mol. The van der Waals surface area contributed by atoms with Crippen LogP contribution in [0.3, 0.4) is 0 Å². The fraction of sp³-hybridized carbons (Fsp3) is 0.263. The van der Waals surface area contributed by atoms with Gasteiger partial charge in [-0.2, -0.15) is 0 Å². The Morgan fingerprint density at radius 3 is 2.48 bits per heavy atom. The van der Waals surface area contributed by atoms with E-state index in [-0.39, 0.29) is 23.7 Å². The zero-order valence-electron chi connectivity index (χ0n) is 15.5.